The van der Waals surface area contributed by atoms with Crippen LogP contribution in [-0.4, -0.2) is 54.0 Å². The van der Waals surface area contributed by atoms with Gasteiger partial charge in [-0.25, -0.2) is 9.59 Å². The smallest absolute Gasteiger partial charge is 0.410 e. The van der Waals surface area contributed by atoms with Gasteiger partial charge in [0.2, 0.25) is 0 Å². The highest BCUT2D eigenvalue weighted by atomic mass is 16.6. The molecule has 0 spiro atoms. The number of rotatable bonds is 4. The minimum absolute atomic E-state index is 0.199. The molecule has 7 heteroatoms. The number of ether oxygens (including phenoxy) is 2. The number of nitrogens with one attached hydrogen (secondary N) is 1. The Hall–Kier alpha value is -1.50. The summed E-state index contributed by atoms with van der Waals surface area (Å²) >= 11 is 0. The van der Waals surface area contributed by atoms with E-state index in [4.69, 9.17) is 15.2 Å². The number of fused-ring (bicyclic) bond motifs is 2. The standard InChI is InChI=1S/C15H27N3O4/c1-15(2,3)22-14(20)18-11-4-5-12(18)9-10(8-11)17-6-7-21-13(16)19/h10-12,17H,4-9H2,1-3H3,(H2,16,19). The van der Waals surface area contributed by atoms with Crippen molar-refractivity contribution in [2.24, 2.45) is 5.73 Å². The Bertz CT molecular complexity index is 408. The summed E-state index contributed by atoms with van der Waals surface area (Å²) < 4.78 is 10.2. The highest BCUT2D eigenvalue weighted by Crippen LogP contribution is 2.36. The van der Waals surface area contributed by atoms with Crippen molar-refractivity contribution in [3.05, 3.63) is 0 Å². The van der Waals surface area contributed by atoms with Crippen LogP contribution < -0.4 is 11.1 Å². The van der Waals surface area contributed by atoms with Crippen LogP contribution in [0.3, 0.4) is 0 Å². The van der Waals surface area contributed by atoms with Crippen LogP contribution in [0.25, 0.3) is 0 Å². The van der Waals surface area contributed by atoms with E-state index in [9.17, 15) is 9.59 Å². The summed E-state index contributed by atoms with van der Waals surface area (Å²) in [5, 5.41) is 3.37. The van der Waals surface area contributed by atoms with Crippen molar-refractivity contribution in [3.8, 4) is 0 Å². The number of piperidine rings is 1. The lowest BCUT2D eigenvalue weighted by Gasteiger charge is -2.39. The van der Waals surface area contributed by atoms with Gasteiger partial charge in [-0.05, 0) is 46.5 Å². The van der Waals surface area contributed by atoms with Gasteiger partial charge in [0, 0.05) is 24.7 Å². The maximum Gasteiger partial charge on any atom is 0.410 e. The van der Waals surface area contributed by atoms with E-state index in [0.29, 0.717) is 12.6 Å². The second kappa shape index (κ2) is 6.73. The Balaban J connectivity index is 1.81. The first kappa shape index (κ1) is 16.9. The first-order valence-corrected chi connectivity index (χ1v) is 7.93. The maximum absolute atomic E-state index is 12.3. The fourth-order valence-electron chi connectivity index (χ4n) is 3.37. The van der Waals surface area contributed by atoms with Gasteiger partial charge < -0.3 is 25.4 Å². The van der Waals surface area contributed by atoms with Crippen molar-refractivity contribution in [2.45, 2.75) is 70.2 Å². The van der Waals surface area contributed by atoms with Gasteiger partial charge in [-0.1, -0.05) is 0 Å². The molecule has 2 unspecified atom stereocenters. The number of carbonyl (C=O) groups excluding carboxylic acids is 2. The Morgan fingerprint density at radius 2 is 1.82 bits per heavy atom. The zero-order chi connectivity index (χ0) is 16.3. The second-order valence-electron chi connectivity index (χ2n) is 7.06. The van der Waals surface area contributed by atoms with Crippen LogP contribution in [0.15, 0.2) is 0 Å². The number of nitrogens with zero attached hydrogens (tertiary/aromatic N) is 1. The van der Waals surface area contributed by atoms with Crippen molar-refractivity contribution in [1.29, 1.82) is 0 Å². The Kier molecular flexibility index (Phi) is 5.16. The SMILES string of the molecule is CC(C)(C)OC(=O)N1C2CCC1CC(NCCOC(N)=O)C2. The topological polar surface area (TPSA) is 93.9 Å². The third-order valence-corrected chi connectivity index (χ3v) is 4.12. The summed E-state index contributed by atoms with van der Waals surface area (Å²) in [6.07, 6.45) is 2.93. The summed E-state index contributed by atoms with van der Waals surface area (Å²) in [6, 6.07) is 0.819. The van der Waals surface area contributed by atoms with Crippen molar-refractivity contribution >= 4 is 12.2 Å². The molecule has 2 atom stereocenters. The van der Waals surface area contributed by atoms with Crippen molar-refractivity contribution < 1.29 is 19.1 Å². The van der Waals surface area contributed by atoms with E-state index in [-0.39, 0.29) is 24.8 Å². The predicted molar refractivity (Wildman–Crippen MR) is 81.4 cm³/mol. The molecule has 2 bridgehead atoms. The van der Waals surface area contributed by atoms with Gasteiger partial charge in [-0.15, -0.1) is 0 Å². The van der Waals surface area contributed by atoms with E-state index in [1.165, 1.54) is 0 Å². The van der Waals surface area contributed by atoms with E-state index < -0.39 is 11.7 Å². The first-order chi connectivity index (χ1) is 10.3. The lowest BCUT2D eigenvalue weighted by atomic mass is 9.98. The zero-order valence-corrected chi connectivity index (χ0v) is 13.6. The molecule has 0 aliphatic carbocycles. The average molecular weight is 313 g/mol. The molecule has 0 aromatic heterocycles. The number of hydrogen-bond acceptors (Lipinski definition) is 5. The van der Waals surface area contributed by atoms with Crippen LogP contribution >= 0.6 is 0 Å². The van der Waals surface area contributed by atoms with E-state index in [2.05, 4.69) is 5.32 Å². The Morgan fingerprint density at radius 1 is 1.23 bits per heavy atom. The maximum atomic E-state index is 12.3. The summed E-state index contributed by atoms with van der Waals surface area (Å²) in [7, 11) is 0. The molecule has 2 aliphatic heterocycles. The monoisotopic (exact) mass is 313 g/mol. The summed E-state index contributed by atoms with van der Waals surface area (Å²) in [5.74, 6) is 0. The van der Waals surface area contributed by atoms with Gasteiger partial charge in [0.05, 0.1) is 0 Å². The third-order valence-electron chi connectivity index (χ3n) is 4.12. The van der Waals surface area contributed by atoms with E-state index in [1.807, 2.05) is 25.7 Å². The lowest BCUT2D eigenvalue weighted by molar-refractivity contribution is 0.00451. The van der Waals surface area contributed by atoms with Gasteiger partial charge in [-0.3, -0.25) is 0 Å². The molecule has 0 aromatic rings. The quantitative estimate of drug-likeness (QED) is 0.769. The number of amides is 2. The van der Waals surface area contributed by atoms with Gasteiger partial charge in [0.25, 0.3) is 0 Å². The average Bonchev–Trinajstić information content (AvgIpc) is 2.64. The number of primary amides is 1. The molecule has 2 amide bonds. The molecule has 22 heavy (non-hydrogen) atoms. The molecule has 2 saturated heterocycles. The molecule has 2 rings (SSSR count). The highest BCUT2D eigenvalue weighted by Gasteiger charge is 2.44. The van der Waals surface area contributed by atoms with Crippen LogP contribution in [0, 0.1) is 0 Å². The second-order valence-corrected chi connectivity index (χ2v) is 7.06. The third kappa shape index (κ3) is 4.50. The van der Waals surface area contributed by atoms with Crippen LogP contribution in [-0.2, 0) is 9.47 Å². The molecule has 0 saturated carbocycles. The molecule has 0 aromatic carbocycles. The van der Waals surface area contributed by atoms with E-state index >= 15 is 0 Å². The van der Waals surface area contributed by atoms with Gasteiger partial charge in [-0.2, -0.15) is 0 Å². The summed E-state index contributed by atoms with van der Waals surface area (Å²) in [5.41, 5.74) is 4.46. The highest BCUT2D eigenvalue weighted by molar-refractivity contribution is 5.69. The molecule has 126 valence electrons. The van der Waals surface area contributed by atoms with Gasteiger partial charge in [0.1, 0.15) is 12.2 Å². The molecule has 7 nitrogen and oxygen atoms in total. The normalized spacial score (nSPS) is 27.6. The lowest BCUT2D eigenvalue weighted by Crippen LogP contribution is -2.53. The van der Waals surface area contributed by atoms with E-state index in [0.717, 1.165) is 25.7 Å². The van der Waals surface area contributed by atoms with Crippen LogP contribution in [0.5, 0.6) is 0 Å². The molecule has 0 radical (unpaired) electrons. The molecule has 2 aliphatic rings. The van der Waals surface area contributed by atoms with Gasteiger partial charge >= 0.3 is 12.2 Å². The molecule has 3 N–H and O–H groups in total. The first-order valence-electron chi connectivity index (χ1n) is 7.93. The van der Waals surface area contributed by atoms with Crippen LogP contribution in [0.2, 0.25) is 0 Å². The summed E-state index contributed by atoms with van der Waals surface area (Å²) in [4.78, 5) is 24.8. The Labute approximate surface area is 131 Å². The number of hydrogen-bond donors (Lipinski definition) is 2. The van der Waals surface area contributed by atoms with Crippen LogP contribution in [0.1, 0.15) is 46.5 Å². The van der Waals surface area contributed by atoms with Gasteiger partial charge in [0.15, 0.2) is 0 Å². The molecular formula is C15H27N3O4. The van der Waals surface area contributed by atoms with E-state index in [1.54, 1.807) is 0 Å². The summed E-state index contributed by atoms with van der Waals surface area (Å²) in [6.45, 7) is 6.52. The Morgan fingerprint density at radius 3 is 2.32 bits per heavy atom. The molecule has 2 fully saturated rings. The van der Waals surface area contributed by atoms with Crippen molar-refractivity contribution in [3.63, 3.8) is 0 Å². The minimum Gasteiger partial charge on any atom is -0.448 e. The number of nitrogens with two attached hydrogens (primary N) is 1. The number of carbonyl (C=O) groups is 2. The van der Waals surface area contributed by atoms with Crippen LogP contribution in [0.4, 0.5) is 9.59 Å². The zero-order valence-electron chi connectivity index (χ0n) is 13.6. The fraction of sp³-hybridized carbons (Fsp3) is 0.867. The fourth-order valence-corrected chi connectivity index (χ4v) is 3.37. The van der Waals surface area contributed by atoms with Crippen molar-refractivity contribution in [2.75, 3.05) is 13.2 Å². The van der Waals surface area contributed by atoms with Crippen molar-refractivity contribution in [1.82, 2.24) is 10.2 Å². The molecule has 2 heterocycles. The molecular weight excluding hydrogens is 286 g/mol. The largest absolute Gasteiger partial charge is 0.448 e. The minimum atomic E-state index is -0.749. The predicted octanol–water partition coefficient (Wildman–Crippen LogP) is 1.60.